The summed E-state index contributed by atoms with van der Waals surface area (Å²) in [6, 6.07) is 16.6. The first kappa shape index (κ1) is 26.6. The van der Waals surface area contributed by atoms with E-state index < -0.39 is 12.1 Å². The van der Waals surface area contributed by atoms with Gasteiger partial charge in [-0.05, 0) is 59.9 Å². The number of ether oxygens (including phenoxy) is 1. The summed E-state index contributed by atoms with van der Waals surface area (Å²) in [5.41, 5.74) is 3.76. The van der Waals surface area contributed by atoms with Crippen molar-refractivity contribution in [3.8, 4) is 5.75 Å². The summed E-state index contributed by atoms with van der Waals surface area (Å²) in [7, 11) is 1.90. The van der Waals surface area contributed by atoms with Crippen molar-refractivity contribution < 1.29 is 19.4 Å². The van der Waals surface area contributed by atoms with Crippen LogP contribution in [0.15, 0.2) is 48.5 Å². The molecule has 1 fully saturated rings. The number of rotatable bonds is 11. The quantitative estimate of drug-likeness (QED) is 0.436. The van der Waals surface area contributed by atoms with Crippen LogP contribution in [-0.2, 0) is 23.2 Å². The van der Waals surface area contributed by atoms with Gasteiger partial charge in [0, 0.05) is 20.1 Å². The van der Waals surface area contributed by atoms with Gasteiger partial charge in [-0.15, -0.1) is 0 Å². The smallest absolute Gasteiger partial charge is 0.344 e. The van der Waals surface area contributed by atoms with Gasteiger partial charge in [0.1, 0.15) is 5.75 Å². The summed E-state index contributed by atoms with van der Waals surface area (Å²) in [6.07, 6.45) is 3.27. The van der Waals surface area contributed by atoms with Crippen LogP contribution < -0.4 is 4.74 Å². The van der Waals surface area contributed by atoms with E-state index in [1.165, 1.54) is 11.1 Å². The first-order chi connectivity index (χ1) is 16.6. The number of carboxylic acid groups (broad SMARTS) is 1. The highest BCUT2D eigenvalue weighted by molar-refractivity contribution is 5.77. The van der Waals surface area contributed by atoms with Gasteiger partial charge >= 0.3 is 12.0 Å². The van der Waals surface area contributed by atoms with E-state index in [-0.39, 0.29) is 17.5 Å². The molecule has 0 aliphatic carbocycles. The predicted octanol–water partition coefficient (Wildman–Crippen LogP) is 5.88. The zero-order chi connectivity index (χ0) is 25.6. The molecule has 2 atom stereocenters. The van der Waals surface area contributed by atoms with Gasteiger partial charge < -0.3 is 19.6 Å². The van der Waals surface area contributed by atoms with Crippen LogP contribution in [0.25, 0.3) is 0 Å². The minimum Gasteiger partial charge on any atom is -0.479 e. The van der Waals surface area contributed by atoms with E-state index in [0.717, 1.165) is 37.8 Å². The Morgan fingerprint density at radius 2 is 1.71 bits per heavy atom. The standard InChI is InChI=1S/C29H40N2O4/c1-6-8-26(27(32)33)35-25-17-13-21(14-18-25)9-7-10-24-20-31(28(34)30(24)5)19-22-11-15-23(16-12-22)29(2,3)4/h11-18,24,26H,6-10,19-20H2,1-5H3,(H,32,33). The van der Waals surface area contributed by atoms with Crippen molar-refractivity contribution in [2.75, 3.05) is 13.6 Å². The van der Waals surface area contributed by atoms with Crippen LogP contribution in [0.3, 0.4) is 0 Å². The Balaban J connectivity index is 1.48. The molecule has 1 heterocycles. The molecule has 2 aromatic rings. The number of benzene rings is 2. The minimum atomic E-state index is -0.929. The third kappa shape index (κ3) is 7.23. The summed E-state index contributed by atoms with van der Waals surface area (Å²) in [4.78, 5) is 27.9. The molecule has 2 amide bonds. The lowest BCUT2D eigenvalue weighted by atomic mass is 9.87. The number of likely N-dealkylation sites (N-methyl/N-ethyl adjacent to an activating group) is 1. The van der Waals surface area contributed by atoms with Crippen LogP contribution in [-0.4, -0.2) is 52.6 Å². The first-order valence-corrected chi connectivity index (χ1v) is 12.7. The van der Waals surface area contributed by atoms with Crippen molar-refractivity contribution in [1.82, 2.24) is 9.80 Å². The first-order valence-electron chi connectivity index (χ1n) is 12.7. The maximum atomic E-state index is 12.8. The normalized spacial score (nSPS) is 17.1. The number of carboxylic acids is 1. The molecule has 0 saturated carbocycles. The van der Waals surface area contributed by atoms with Crippen molar-refractivity contribution in [2.45, 2.75) is 83.9 Å². The van der Waals surface area contributed by atoms with Gasteiger partial charge in [-0.25, -0.2) is 9.59 Å². The van der Waals surface area contributed by atoms with Crippen LogP contribution in [0.4, 0.5) is 4.79 Å². The van der Waals surface area contributed by atoms with Crippen LogP contribution in [0.1, 0.15) is 70.1 Å². The number of urea groups is 1. The predicted molar refractivity (Wildman–Crippen MR) is 139 cm³/mol. The molecule has 6 nitrogen and oxygen atoms in total. The van der Waals surface area contributed by atoms with Crippen molar-refractivity contribution in [1.29, 1.82) is 0 Å². The summed E-state index contributed by atoms with van der Waals surface area (Å²) >= 11 is 0. The number of carbonyl (C=O) groups is 2. The molecule has 0 bridgehead atoms. The number of hydrogen-bond acceptors (Lipinski definition) is 3. The maximum Gasteiger partial charge on any atom is 0.344 e. The molecule has 0 aromatic heterocycles. The fourth-order valence-electron chi connectivity index (χ4n) is 4.52. The fraction of sp³-hybridized carbons (Fsp3) is 0.517. The molecule has 6 heteroatoms. The average molecular weight is 481 g/mol. The average Bonchev–Trinajstić information content (AvgIpc) is 3.07. The van der Waals surface area contributed by atoms with Gasteiger partial charge in [-0.1, -0.05) is 70.5 Å². The van der Waals surface area contributed by atoms with Gasteiger partial charge in [0.15, 0.2) is 6.10 Å². The number of aliphatic carboxylic acids is 1. The van der Waals surface area contributed by atoms with Crippen LogP contribution in [0.5, 0.6) is 5.75 Å². The zero-order valence-corrected chi connectivity index (χ0v) is 21.8. The Labute approximate surface area is 209 Å². The summed E-state index contributed by atoms with van der Waals surface area (Å²) in [5, 5.41) is 9.27. The Morgan fingerprint density at radius 3 is 2.29 bits per heavy atom. The Kier molecular flexibility index (Phi) is 8.82. The number of aryl methyl sites for hydroxylation is 1. The van der Waals surface area contributed by atoms with E-state index in [9.17, 15) is 14.7 Å². The summed E-state index contributed by atoms with van der Waals surface area (Å²) < 4.78 is 5.62. The molecule has 0 spiro atoms. The highest BCUT2D eigenvalue weighted by Crippen LogP contribution is 2.25. The maximum absolute atomic E-state index is 12.8. The topological polar surface area (TPSA) is 70.1 Å². The molecule has 35 heavy (non-hydrogen) atoms. The Bertz CT molecular complexity index is 979. The third-order valence-corrected chi connectivity index (χ3v) is 6.78. The lowest BCUT2D eigenvalue weighted by Gasteiger charge is -2.20. The number of nitrogens with zero attached hydrogens (tertiary/aromatic N) is 2. The lowest BCUT2D eigenvalue weighted by molar-refractivity contribution is -0.145. The van der Waals surface area contributed by atoms with Crippen molar-refractivity contribution in [3.63, 3.8) is 0 Å². The van der Waals surface area contributed by atoms with Gasteiger partial charge in [0.05, 0.1) is 6.04 Å². The Hall–Kier alpha value is -3.02. The molecule has 2 unspecified atom stereocenters. The van der Waals surface area contributed by atoms with Gasteiger partial charge in [0.2, 0.25) is 0 Å². The van der Waals surface area contributed by atoms with E-state index in [1.54, 1.807) is 0 Å². The molecule has 1 aliphatic heterocycles. The third-order valence-electron chi connectivity index (χ3n) is 6.78. The zero-order valence-electron chi connectivity index (χ0n) is 21.8. The van der Waals surface area contributed by atoms with Crippen LogP contribution in [0.2, 0.25) is 0 Å². The highest BCUT2D eigenvalue weighted by atomic mass is 16.5. The largest absolute Gasteiger partial charge is 0.479 e. The van der Waals surface area contributed by atoms with E-state index in [1.807, 2.05) is 48.0 Å². The second kappa shape index (κ2) is 11.6. The number of amides is 2. The molecule has 1 saturated heterocycles. The van der Waals surface area contributed by atoms with Gasteiger partial charge in [-0.3, -0.25) is 0 Å². The molecular formula is C29H40N2O4. The monoisotopic (exact) mass is 480 g/mol. The summed E-state index contributed by atoms with van der Waals surface area (Å²) in [6.45, 7) is 9.95. The fourth-order valence-corrected chi connectivity index (χ4v) is 4.52. The van der Waals surface area contributed by atoms with E-state index >= 15 is 0 Å². The van der Waals surface area contributed by atoms with Crippen LogP contribution in [0, 0.1) is 0 Å². The summed E-state index contributed by atoms with van der Waals surface area (Å²) in [5.74, 6) is -0.343. The van der Waals surface area contributed by atoms with Gasteiger partial charge in [0.25, 0.3) is 0 Å². The molecule has 190 valence electrons. The SMILES string of the molecule is CCCC(Oc1ccc(CCCC2CN(Cc3ccc(C(C)(C)C)cc3)C(=O)N2C)cc1)C(=O)O. The van der Waals surface area contributed by atoms with Gasteiger partial charge in [-0.2, -0.15) is 0 Å². The van der Waals surface area contributed by atoms with Crippen molar-refractivity contribution in [3.05, 3.63) is 65.2 Å². The molecule has 2 aromatic carbocycles. The molecule has 3 rings (SSSR count). The second-order valence-electron chi connectivity index (χ2n) is 10.6. The minimum absolute atomic E-state index is 0.0939. The van der Waals surface area contributed by atoms with E-state index in [0.29, 0.717) is 18.7 Å². The van der Waals surface area contributed by atoms with E-state index in [2.05, 4.69) is 45.0 Å². The number of hydrogen-bond donors (Lipinski definition) is 1. The van der Waals surface area contributed by atoms with Crippen molar-refractivity contribution >= 4 is 12.0 Å². The Morgan fingerprint density at radius 1 is 1.09 bits per heavy atom. The molecule has 1 N–H and O–H groups in total. The highest BCUT2D eigenvalue weighted by Gasteiger charge is 2.34. The van der Waals surface area contributed by atoms with Crippen LogP contribution >= 0.6 is 0 Å². The number of carbonyl (C=O) groups excluding carboxylic acids is 1. The second-order valence-corrected chi connectivity index (χ2v) is 10.6. The molecule has 0 radical (unpaired) electrons. The lowest BCUT2D eigenvalue weighted by Crippen LogP contribution is -2.31. The van der Waals surface area contributed by atoms with E-state index in [4.69, 9.17) is 4.74 Å². The van der Waals surface area contributed by atoms with Crippen molar-refractivity contribution in [2.24, 2.45) is 0 Å². The molecular weight excluding hydrogens is 440 g/mol. The molecule has 1 aliphatic rings.